The predicted octanol–water partition coefficient (Wildman–Crippen LogP) is 3.31. The van der Waals surface area contributed by atoms with E-state index in [1.165, 1.54) is 0 Å². The zero-order valence-electron chi connectivity index (χ0n) is 10.4. The molecule has 0 bridgehead atoms. The Morgan fingerprint density at radius 1 is 1.16 bits per heavy atom. The number of nitrogens with zero attached hydrogens (tertiary/aromatic N) is 2. The lowest BCUT2D eigenvalue weighted by atomic mass is 10.1. The van der Waals surface area contributed by atoms with Gasteiger partial charge in [-0.3, -0.25) is 0 Å². The van der Waals surface area contributed by atoms with E-state index in [1.54, 1.807) is 0 Å². The maximum Gasteiger partial charge on any atom is 0.173 e. The topological polar surface area (TPSA) is 61.8 Å². The van der Waals surface area contributed by atoms with E-state index in [2.05, 4.69) is 21.1 Å². The second kappa shape index (κ2) is 5.75. The van der Waals surface area contributed by atoms with E-state index in [1.807, 2.05) is 60.5 Å². The Hall–Kier alpha value is -2.01. The van der Waals surface area contributed by atoms with Crippen molar-refractivity contribution in [1.82, 2.24) is 0 Å². The van der Waals surface area contributed by atoms with Crippen LogP contribution in [0.3, 0.4) is 0 Å². The zero-order valence-corrected chi connectivity index (χ0v) is 12.0. The fraction of sp³-hybridized carbons (Fsp3) is 0.0714. The number of halogens is 1. The highest BCUT2D eigenvalue weighted by molar-refractivity contribution is 9.10. The summed E-state index contributed by atoms with van der Waals surface area (Å²) < 4.78 is 0.781. The number of hydrogen-bond acceptors (Lipinski definition) is 3. The minimum atomic E-state index is 0.0743. The molecule has 5 heteroatoms. The lowest BCUT2D eigenvalue weighted by Crippen LogP contribution is -2.20. The van der Waals surface area contributed by atoms with Crippen LogP contribution in [0.25, 0.3) is 0 Å². The molecule has 0 aliphatic rings. The minimum absolute atomic E-state index is 0.0743. The van der Waals surface area contributed by atoms with Crippen LogP contribution in [0.4, 0.5) is 11.4 Å². The summed E-state index contributed by atoms with van der Waals surface area (Å²) in [5.41, 5.74) is 8.30. The van der Waals surface area contributed by atoms with Gasteiger partial charge < -0.3 is 15.8 Å². The van der Waals surface area contributed by atoms with Gasteiger partial charge in [-0.15, -0.1) is 0 Å². The van der Waals surface area contributed by atoms with Crippen LogP contribution in [0.15, 0.2) is 58.2 Å². The summed E-state index contributed by atoms with van der Waals surface area (Å²) in [6.45, 7) is 0. The van der Waals surface area contributed by atoms with Gasteiger partial charge in [0.1, 0.15) is 0 Å². The number of benzene rings is 2. The molecule has 2 aromatic rings. The molecule has 98 valence electrons. The first-order valence-corrected chi connectivity index (χ1v) is 6.49. The summed E-state index contributed by atoms with van der Waals surface area (Å²) in [6.07, 6.45) is 0. The molecule has 0 aliphatic heterocycles. The molecule has 0 saturated heterocycles. The number of oxime groups is 1. The Morgan fingerprint density at radius 3 is 2.47 bits per heavy atom. The van der Waals surface area contributed by atoms with Gasteiger partial charge in [0, 0.05) is 17.2 Å². The van der Waals surface area contributed by atoms with Gasteiger partial charge in [-0.05, 0) is 40.2 Å². The van der Waals surface area contributed by atoms with Crippen molar-refractivity contribution in [1.29, 1.82) is 0 Å². The first-order valence-electron chi connectivity index (χ1n) is 5.70. The summed E-state index contributed by atoms with van der Waals surface area (Å²) in [5, 5.41) is 12.0. The van der Waals surface area contributed by atoms with Crippen LogP contribution in [-0.4, -0.2) is 18.1 Å². The number of nitrogens with two attached hydrogens (primary N) is 1. The molecule has 0 unspecified atom stereocenters. The molecule has 19 heavy (non-hydrogen) atoms. The average molecular weight is 320 g/mol. The van der Waals surface area contributed by atoms with Crippen molar-refractivity contribution in [2.45, 2.75) is 0 Å². The molecular formula is C14H14BrN3O. The van der Waals surface area contributed by atoms with Crippen molar-refractivity contribution in [3.63, 3.8) is 0 Å². The standard InChI is InChI=1S/C14H14BrN3O/c1-18(10-6-3-2-4-7-10)12-9-5-8-11(15)13(12)14(16)17-19/h2-9,19H,1H3,(H2,16,17). The Morgan fingerprint density at radius 2 is 1.84 bits per heavy atom. The van der Waals surface area contributed by atoms with Gasteiger partial charge in [0.15, 0.2) is 5.84 Å². The second-order valence-corrected chi connectivity index (χ2v) is 4.87. The van der Waals surface area contributed by atoms with Gasteiger partial charge in [-0.2, -0.15) is 0 Å². The molecule has 0 heterocycles. The lowest BCUT2D eigenvalue weighted by molar-refractivity contribution is 0.318. The Bertz CT molecular complexity index is 599. The zero-order chi connectivity index (χ0) is 13.8. The van der Waals surface area contributed by atoms with E-state index in [4.69, 9.17) is 10.9 Å². The van der Waals surface area contributed by atoms with Crippen molar-refractivity contribution in [3.05, 3.63) is 58.6 Å². The fourth-order valence-electron chi connectivity index (χ4n) is 1.89. The average Bonchev–Trinajstić information content (AvgIpc) is 2.46. The van der Waals surface area contributed by atoms with E-state index in [0.29, 0.717) is 5.56 Å². The number of para-hydroxylation sites is 1. The molecule has 0 atom stereocenters. The third kappa shape index (κ3) is 2.71. The van der Waals surface area contributed by atoms with E-state index < -0.39 is 0 Å². The Kier molecular flexibility index (Phi) is 4.06. The Labute approximate surface area is 120 Å². The predicted molar refractivity (Wildman–Crippen MR) is 81.2 cm³/mol. The molecule has 3 N–H and O–H groups in total. The highest BCUT2D eigenvalue weighted by Crippen LogP contribution is 2.31. The van der Waals surface area contributed by atoms with Gasteiger partial charge in [0.05, 0.1) is 11.3 Å². The maximum absolute atomic E-state index is 8.91. The van der Waals surface area contributed by atoms with Crippen LogP contribution in [-0.2, 0) is 0 Å². The third-order valence-electron chi connectivity index (χ3n) is 2.86. The number of amidine groups is 1. The van der Waals surface area contributed by atoms with E-state index in [9.17, 15) is 0 Å². The molecule has 0 fully saturated rings. The fourth-order valence-corrected chi connectivity index (χ4v) is 2.45. The molecule has 0 aromatic heterocycles. The van der Waals surface area contributed by atoms with Crippen molar-refractivity contribution in [3.8, 4) is 0 Å². The van der Waals surface area contributed by atoms with Gasteiger partial charge >= 0.3 is 0 Å². The van der Waals surface area contributed by atoms with Crippen molar-refractivity contribution in [2.24, 2.45) is 10.9 Å². The van der Waals surface area contributed by atoms with Crippen LogP contribution in [0, 0.1) is 0 Å². The van der Waals surface area contributed by atoms with E-state index >= 15 is 0 Å². The van der Waals surface area contributed by atoms with Crippen LogP contribution in [0.2, 0.25) is 0 Å². The number of hydrogen-bond donors (Lipinski definition) is 2. The van der Waals surface area contributed by atoms with Gasteiger partial charge in [-0.1, -0.05) is 29.4 Å². The smallest absolute Gasteiger partial charge is 0.173 e. The summed E-state index contributed by atoms with van der Waals surface area (Å²) >= 11 is 3.43. The van der Waals surface area contributed by atoms with E-state index in [-0.39, 0.29) is 5.84 Å². The molecular weight excluding hydrogens is 306 g/mol. The number of rotatable bonds is 3. The summed E-state index contributed by atoms with van der Waals surface area (Å²) in [7, 11) is 1.94. The SMILES string of the molecule is CN(c1ccccc1)c1cccc(Br)c1/C(N)=N/O. The van der Waals surface area contributed by atoms with Crippen molar-refractivity contribution in [2.75, 3.05) is 11.9 Å². The molecule has 0 spiro atoms. The molecule has 2 rings (SSSR count). The molecule has 0 amide bonds. The second-order valence-electron chi connectivity index (χ2n) is 4.01. The molecule has 0 radical (unpaired) electrons. The summed E-state index contributed by atoms with van der Waals surface area (Å²) in [4.78, 5) is 1.98. The summed E-state index contributed by atoms with van der Waals surface area (Å²) in [6, 6.07) is 15.6. The first kappa shape index (κ1) is 13.4. The molecule has 4 nitrogen and oxygen atoms in total. The normalized spacial score (nSPS) is 11.4. The molecule has 2 aromatic carbocycles. The highest BCUT2D eigenvalue weighted by Gasteiger charge is 2.15. The third-order valence-corrected chi connectivity index (χ3v) is 3.52. The maximum atomic E-state index is 8.91. The van der Waals surface area contributed by atoms with Crippen molar-refractivity contribution >= 4 is 33.1 Å². The van der Waals surface area contributed by atoms with Crippen LogP contribution >= 0.6 is 15.9 Å². The Balaban J connectivity index is 2.54. The van der Waals surface area contributed by atoms with Gasteiger partial charge in [-0.25, -0.2) is 0 Å². The number of anilines is 2. The van der Waals surface area contributed by atoms with Crippen LogP contribution < -0.4 is 10.6 Å². The largest absolute Gasteiger partial charge is 0.409 e. The first-order chi connectivity index (χ1) is 9.15. The lowest BCUT2D eigenvalue weighted by Gasteiger charge is -2.22. The summed E-state index contributed by atoms with van der Waals surface area (Å²) in [5.74, 6) is 0.0743. The molecule has 0 saturated carbocycles. The van der Waals surface area contributed by atoms with Gasteiger partial charge in [0.2, 0.25) is 0 Å². The monoisotopic (exact) mass is 319 g/mol. The van der Waals surface area contributed by atoms with Crippen molar-refractivity contribution < 1.29 is 5.21 Å². The van der Waals surface area contributed by atoms with Crippen LogP contribution in [0.5, 0.6) is 0 Å². The van der Waals surface area contributed by atoms with E-state index in [0.717, 1.165) is 15.8 Å². The quantitative estimate of drug-likeness (QED) is 0.395. The minimum Gasteiger partial charge on any atom is -0.409 e. The highest BCUT2D eigenvalue weighted by atomic mass is 79.9. The molecule has 0 aliphatic carbocycles. The van der Waals surface area contributed by atoms with Crippen LogP contribution in [0.1, 0.15) is 5.56 Å². The van der Waals surface area contributed by atoms with Gasteiger partial charge in [0.25, 0.3) is 0 Å².